The summed E-state index contributed by atoms with van der Waals surface area (Å²) in [7, 11) is 0. The Morgan fingerprint density at radius 3 is 2.76 bits per heavy atom. The van der Waals surface area contributed by atoms with Crippen molar-refractivity contribution in [3.63, 3.8) is 0 Å². The lowest BCUT2D eigenvalue weighted by Gasteiger charge is -2.37. The highest BCUT2D eigenvalue weighted by atomic mass is 32.1. The van der Waals surface area contributed by atoms with E-state index in [1.165, 1.54) is 35.0 Å². The zero-order valence-electron chi connectivity index (χ0n) is 14.3. The first-order chi connectivity index (χ1) is 9.93. The summed E-state index contributed by atoms with van der Waals surface area (Å²) in [6, 6.07) is 0. The molecule has 2 rings (SSSR count). The fourth-order valence-electron chi connectivity index (χ4n) is 3.03. The molecule has 1 aliphatic heterocycles. The Balaban J connectivity index is 2.14. The van der Waals surface area contributed by atoms with Crippen molar-refractivity contribution in [2.45, 2.75) is 66.3 Å². The quantitative estimate of drug-likeness (QED) is 0.790. The molecule has 1 N–H and O–H groups in total. The minimum Gasteiger partial charge on any atom is -0.348 e. The normalized spacial score (nSPS) is 18.5. The highest BCUT2D eigenvalue weighted by Gasteiger charge is 2.28. The van der Waals surface area contributed by atoms with Crippen molar-refractivity contribution < 1.29 is 0 Å². The van der Waals surface area contributed by atoms with Crippen LogP contribution in [0.2, 0.25) is 0 Å². The van der Waals surface area contributed by atoms with Crippen molar-refractivity contribution in [1.82, 2.24) is 10.3 Å². The molecule has 1 aromatic rings. The zero-order valence-corrected chi connectivity index (χ0v) is 15.1. The van der Waals surface area contributed by atoms with Gasteiger partial charge in [-0.2, -0.15) is 0 Å². The van der Waals surface area contributed by atoms with Gasteiger partial charge in [0.15, 0.2) is 5.13 Å². The van der Waals surface area contributed by atoms with Crippen LogP contribution in [0.5, 0.6) is 0 Å². The SMILES string of the molecule is CCCNCc1sc(N2CCCC(C)(C)C2)nc1C(C)C. The number of anilines is 1. The molecule has 1 saturated heterocycles. The largest absolute Gasteiger partial charge is 0.348 e. The van der Waals surface area contributed by atoms with Gasteiger partial charge in [0.05, 0.1) is 5.69 Å². The van der Waals surface area contributed by atoms with Crippen LogP contribution in [0.25, 0.3) is 0 Å². The van der Waals surface area contributed by atoms with E-state index < -0.39 is 0 Å². The van der Waals surface area contributed by atoms with Crippen LogP contribution in [0.4, 0.5) is 5.13 Å². The van der Waals surface area contributed by atoms with Crippen molar-refractivity contribution >= 4 is 16.5 Å². The number of piperidine rings is 1. The van der Waals surface area contributed by atoms with Gasteiger partial charge >= 0.3 is 0 Å². The molecule has 4 heteroatoms. The molecular weight excluding hydrogens is 278 g/mol. The average Bonchev–Trinajstić information content (AvgIpc) is 2.82. The summed E-state index contributed by atoms with van der Waals surface area (Å²) >= 11 is 1.90. The second-order valence-corrected chi connectivity index (χ2v) is 8.39. The Kier molecular flexibility index (Phi) is 5.67. The standard InChI is InChI=1S/C17H31N3S/c1-6-9-18-11-14-15(13(2)3)19-16(21-14)20-10-7-8-17(4,5)12-20/h13,18H,6-12H2,1-5H3. The fraction of sp³-hybridized carbons (Fsp3) is 0.824. The highest BCUT2D eigenvalue weighted by molar-refractivity contribution is 7.15. The van der Waals surface area contributed by atoms with Gasteiger partial charge in [0, 0.05) is 24.5 Å². The van der Waals surface area contributed by atoms with Gasteiger partial charge in [-0.25, -0.2) is 4.98 Å². The van der Waals surface area contributed by atoms with Gasteiger partial charge in [-0.15, -0.1) is 11.3 Å². The van der Waals surface area contributed by atoms with Crippen LogP contribution < -0.4 is 10.2 Å². The Morgan fingerprint density at radius 1 is 1.38 bits per heavy atom. The molecule has 0 unspecified atom stereocenters. The number of nitrogens with one attached hydrogen (secondary N) is 1. The van der Waals surface area contributed by atoms with E-state index >= 15 is 0 Å². The van der Waals surface area contributed by atoms with Crippen molar-refractivity contribution in [2.24, 2.45) is 5.41 Å². The summed E-state index contributed by atoms with van der Waals surface area (Å²) in [6.07, 6.45) is 3.80. The number of nitrogens with zero attached hydrogens (tertiary/aromatic N) is 2. The van der Waals surface area contributed by atoms with Crippen LogP contribution in [0, 0.1) is 5.41 Å². The molecule has 0 radical (unpaired) electrons. The number of rotatable bonds is 6. The topological polar surface area (TPSA) is 28.2 Å². The first-order valence-corrected chi connectivity index (χ1v) is 9.20. The van der Waals surface area contributed by atoms with Gasteiger partial charge in [0.25, 0.3) is 0 Å². The Bertz CT molecular complexity index is 451. The van der Waals surface area contributed by atoms with Crippen molar-refractivity contribution in [3.8, 4) is 0 Å². The van der Waals surface area contributed by atoms with Gasteiger partial charge in [0.1, 0.15) is 0 Å². The third-order valence-corrected chi connectivity index (χ3v) is 5.28. The van der Waals surface area contributed by atoms with Crippen LogP contribution in [0.1, 0.15) is 70.4 Å². The lowest BCUT2D eigenvalue weighted by atomic mass is 9.84. The maximum Gasteiger partial charge on any atom is 0.185 e. The predicted octanol–water partition coefficient (Wildman–Crippen LogP) is 4.39. The molecule has 1 aromatic heterocycles. The third-order valence-electron chi connectivity index (χ3n) is 4.15. The van der Waals surface area contributed by atoms with E-state index in [1.807, 2.05) is 11.3 Å². The highest BCUT2D eigenvalue weighted by Crippen LogP contribution is 2.36. The summed E-state index contributed by atoms with van der Waals surface area (Å²) < 4.78 is 0. The van der Waals surface area contributed by atoms with Crippen LogP contribution in [0.15, 0.2) is 0 Å². The number of thiazole rings is 1. The van der Waals surface area contributed by atoms with E-state index in [1.54, 1.807) is 0 Å². The molecule has 2 heterocycles. The number of aromatic nitrogens is 1. The first kappa shape index (κ1) is 16.8. The number of hydrogen-bond acceptors (Lipinski definition) is 4. The molecule has 1 fully saturated rings. The molecular formula is C17H31N3S. The molecule has 0 saturated carbocycles. The Labute approximate surface area is 134 Å². The Hall–Kier alpha value is -0.610. The minimum atomic E-state index is 0.419. The smallest absolute Gasteiger partial charge is 0.185 e. The molecule has 0 bridgehead atoms. The predicted molar refractivity (Wildman–Crippen MR) is 93.4 cm³/mol. The molecule has 0 atom stereocenters. The number of hydrogen-bond donors (Lipinski definition) is 1. The van der Waals surface area contributed by atoms with Crippen molar-refractivity contribution in [1.29, 1.82) is 0 Å². The second kappa shape index (κ2) is 7.10. The van der Waals surface area contributed by atoms with Crippen LogP contribution in [-0.2, 0) is 6.54 Å². The molecule has 120 valence electrons. The molecule has 3 nitrogen and oxygen atoms in total. The molecule has 0 amide bonds. The van der Waals surface area contributed by atoms with E-state index in [2.05, 4.69) is 44.8 Å². The van der Waals surface area contributed by atoms with Gasteiger partial charge in [-0.1, -0.05) is 34.6 Å². The van der Waals surface area contributed by atoms with E-state index in [-0.39, 0.29) is 0 Å². The molecule has 0 spiro atoms. The molecule has 0 aliphatic carbocycles. The lowest BCUT2D eigenvalue weighted by molar-refractivity contribution is 0.293. The molecule has 0 aromatic carbocycles. The second-order valence-electron chi connectivity index (χ2n) is 7.33. The van der Waals surface area contributed by atoms with Crippen LogP contribution in [-0.4, -0.2) is 24.6 Å². The minimum absolute atomic E-state index is 0.419. The fourth-order valence-corrected chi connectivity index (χ4v) is 4.24. The van der Waals surface area contributed by atoms with Gasteiger partial charge in [0.2, 0.25) is 0 Å². The average molecular weight is 310 g/mol. The van der Waals surface area contributed by atoms with E-state index in [0.29, 0.717) is 11.3 Å². The van der Waals surface area contributed by atoms with Gasteiger partial charge in [-0.3, -0.25) is 0 Å². The maximum absolute atomic E-state index is 4.98. The molecule has 1 aliphatic rings. The summed E-state index contributed by atoms with van der Waals surface area (Å²) in [4.78, 5) is 8.91. The summed E-state index contributed by atoms with van der Waals surface area (Å²) in [5.74, 6) is 0.506. The van der Waals surface area contributed by atoms with Crippen molar-refractivity contribution in [3.05, 3.63) is 10.6 Å². The van der Waals surface area contributed by atoms with E-state index in [9.17, 15) is 0 Å². The first-order valence-electron chi connectivity index (χ1n) is 8.38. The lowest BCUT2D eigenvalue weighted by Crippen LogP contribution is -2.40. The monoisotopic (exact) mass is 309 g/mol. The summed E-state index contributed by atoms with van der Waals surface area (Å²) in [5.41, 5.74) is 1.71. The zero-order chi connectivity index (χ0) is 15.5. The van der Waals surface area contributed by atoms with Crippen molar-refractivity contribution in [2.75, 3.05) is 24.5 Å². The molecule has 21 heavy (non-hydrogen) atoms. The van der Waals surface area contributed by atoms with E-state index in [0.717, 1.165) is 26.2 Å². The maximum atomic E-state index is 4.98. The Morgan fingerprint density at radius 2 is 2.14 bits per heavy atom. The van der Waals surface area contributed by atoms with E-state index in [4.69, 9.17) is 4.98 Å². The summed E-state index contributed by atoms with van der Waals surface area (Å²) in [6.45, 7) is 15.8. The van der Waals surface area contributed by atoms with Crippen LogP contribution in [0.3, 0.4) is 0 Å². The third kappa shape index (κ3) is 4.43. The summed E-state index contributed by atoms with van der Waals surface area (Å²) in [5, 5.41) is 4.77. The van der Waals surface area contributed by atoms with Gasteiger partial charge < -0.3 is 10.2 Å². The van der Waals surface area contributed by atoms with Gasteiger partial charge in [-0.05, 0) is 37.1 Å². The van der Waals surface area contributed by atoms with Crippen LogP contribution >= 0.6 is 11.3 Å².